The van der Waals surface area contributed by atoms with Gasteiger partial charge in [-0.3, -0.25) is 9.59 Å². The SMILES string of the molecule is CCOC(=O)c1c(C)c(C(=O)[C@@H](C)N(Cc2ccc(F)cc2)C(=O)C2CC2)c(C)n1CC. The molecule has 1 fully saturated rings. The number of halogens is 1. The number of hydrogen-bond acceptors (Lipinski definition) is 4. The van der Waals surface area contributed by atoms with E-state index >= 15 is 0 Å². The van der Waals surface area contributed by atoms with Gasteiger partial charge >= 0.3 is 5.97 Å². The van der Waals surface area contributed by atoms with Gasteiger partial charge in [0.1, 0.15) is 11.5 Å². The molecule has 0 aliphatic heterocycles. The number of hydrogen-bond donors (Lipinski definition) is 0. The van der Waals surface area contributed by atoms with Crippen LogP contribution in [0.4, 0.5) is 4.39 Å². The van der Waals surface area contributed by atoms with E-state index in [-0.39, 0.29) is 36.6 Å². The molecule has 1 aromatic heterocycles. The minimum Gasteiger partial charge on any atom is -0.461 e. The average molecular weight is 443 g/mol. The number of carbonyl (C=O) groups excluding carboxylic acids is 3. The molecule has 1 aromatic carbocycles. The van der Waals surface area contributed by atoms with Gasteiger partial charge in [-0.2, -0.15) is 0 Å². The van der Waals surface area contributed by atoms with Crippen LogP contribution in [0.1, 0.15) is 71.3 Å². The van der Waals surface area contributed by atoms with Crippen molar-refractivity contribution in [1.29, 1.82) is 0 Å². The second kappa shape index (κ2) is 9.67. The van der Waals surface area contributed by atoms with Crippen LogP contribution in [-0.2, 0) is 22.6 Å². The molecule has 172 valence electrons. The van der Waals surface area contributed by atoms with Gasteiger partial charge < -0.3 is 14.2 Å². The minimum absolute atomic E-state index is 0.0639. The molecule has 3 rings (SSSR count). The van der Waals surface area contributed by atoms with Gasteiger partial charge in [-0.05, 0) is 70.7 Å². The largest absolute Gasteiger partial charge is 0.461 e. The smallest absolute Gasteiger partial charge is 0.355 e. The predicted molar refractivity (Wildman–Crippen MR) is 119 cm³/mol. The standard InChI is InChI=1S/C25H31FN2O4/c1-6-27-16(4)21(15(3)22(27)25(31)32-7-2)23(29)17(5)28(24(30)19-10-11-19)14-18-8-12-20(26)13-9-18/h8-9,12-13,17,19H,6-7,10-11,14H2,1-5H3/t17-/m1/s1. The molecular formula is C25H31FN2O4. The fourth-order valence-corrected chi connectivity index (χ4v) is 4.22. The van der Waals surface area contributed by atoms with Crippen molar-refractivity contribution >= 4 is 17.7 Å². The topological polar surface area (TPSA) is 68.6 Å². The van der Waals surface area contributed by atoms with Crippen LogP contribution in [0.5, 0.6) is 0 Å². The molecule has 1 aliphatic carbocycles. The molecule has 0 N–H and O–H groups in total. The Labute approximate surface area is 188 Å². The van der Waals surface area contributed by atoms with Crippen molar-refractivity contribution in [3.8, 4) is 0 Å². The highest BCUT2D eigenvalue weighted by molar-refractivity contribution is 6.06. The maximum absolute atomic E-state index is 13.7. The highest BCUT2D eigenvalue weighted by Crippen LogP contribution is 2.33. The van der Waals surface area contributed by atoms with E-state index in [0.29, 0.717) is 29.1 Å². The van der Waals surface area contributed by atoms with E-state index in [1.165, 1.54) is 12.1 Å². The lowest BCUT2D eigenvalue weighted by Crippen LogP contribution is -2.43. The van der Waals surface area contributed by atoms with Gasteiger partial charge in [-0.25, -0.2) is 9.18 Å². The Kier molecular flexibility index (Phi) is 7.16. The Morgan fingerprint density at radius 2 is 1.78 bits per heavy atom. The Hall–Kier alpha value is -2.96. The number of Topliss-reactive ketones (excluding diaryl/α,β-unsaturated/α-hetero) is 1. The lowest BCUT2D eigenvalue weighted by atomic mass is 9.99. The third-order valence-corrected chi connectivity index (χ3v) is 6.12. The lowest BCUT2D eigenvalue weighted by Gasteiger charge is -2.29. The van der Waals surface area contributed by atoms with E-state index < -0.39 is 12.0 Å². The molecule has 0 unspecified atom stereocenters. The van der Waals surface area contributed by atoms with Crippen molar-refractivity contribution in [2.75, 3.05) is 6.61 Å². The molecule has 6 nitrogen and oxygen atoms in total. The van der Waals surface area contributed by atoms with Gasteiger partial charge in [-0.1, -0.05) is 12.1 Å². The monoisotopic (exact) mass is 442 g/mol. The highest BCUT2D eigenvalue weighted by atomic mass is 19.1. The second-order valence-electron chi connectivity index (χ2n) is 8.31. The van der Waals surface area contributed by atoms with Gasteiger partial charge in [0.2, 0.25) is 5.91 Å². The van der Waals surface area contributed by atoms with Crippen LogP contribution in [0, 0.1) is 25.6 Å². The van der Waals surface area contributed by atoms with Crippen LogP contribution < -0.4 is 0 Å². The summed E-state index contributed by atoms with van der Waals surface area (Å²) in [6.07, 6.45) is 1.63. The first-order valence-electron chi connectivity index (χ1n) is 11.2. The van der Waals surface area contributed by atoms with Crippen LogP contribution in [0.25, 0.3) is 0 Å². The minimum atomic E-state index is -0.728. The number of ketones is 1. The van der Waals surface area contributed by atoms with Crippen LogP contribution in [0.15, 0.2) is 24.3 Å². The van der Waals surface area contributed by atoms with Crippen LogP contribution in [-0.4, -0.2) is 39.8 Å². The highest BCUT2D eigenvalue weighted by Gasteiger charge is 2.38. The number of aromatic nitrogens is 1. The second-order valence-corrected chi connectivity index (χ2v) is 8.31. The molecule has 0 saturated heterocycles. The van der Waals surface area contributed by atoms with E-state index in [1.54, 1.807) is 42.4 Å². The molecule has 7 heteroatoms. The normalized spacial score (nSPS) is 14.2. The third-order valence-electron chi connectivity index (χ3n) is 6.12. The Morgan fingerprint density at radius 3 is 2.31 bits per heavy atom. The summed E-state index contributed by atoms with van der Waals surface area (Å²) in [5.41, 5.74) is 2.84. The van der Waals surface area contributed by atoms with Gasteiger partial charge in [0.25, 0.3) is 0 Å². The first-order valence-corrected chi connectivity index (χ1v) is 11.2. The molecule has 0 radical (unpaired) electrons. The molecular weight excluding hydrogens is 411 g/mol. The molecule has 32 heavy (non-hydrogen) atoms. The number of amides is 1. The predicted octanol–water partition coefficient (Wildman–Crippen LogP) is 4.45. The number of ether oxygens (including phenoxy) is 1. The van der Waals surface area contributed by atoms with E-state index in [0.717, 1.165) is 18.4 Å². The molecule has 2 aromatic rings. The van der Waals surface area contributed by atoms with Crippen LogP contribution in [0.2, 0.25) is 0 Å². The van der Waals surface area contributed by atoms with Crippen LogP contribution in [0.3, 0.4) is 0 Å². The van der Waals surface area contributed by atoms with E-state index in [1.807, 2.05) is 13.8 Å². The summed E-state index contributed by atoms with van der Waals surface area (Å²) in [5.74, 6) is -1.15. The van der Waals surface area contributed by atoms with Gasteiger partial charge in [-0.15, -0.1) is 0 Å². The number of carbonyl (C=O) groups is 3. The molecule has 1 atom stereocenters. The average Bonchev–Trinajstić information content (AvgIpc) is 3.57. The first-order chi connectivity index (χ1) is 15.2. The van der Waals surface area contributed by atoms with Gasteiger partial charge in [0.05, 0.1) is 12.6 Å². The molecule has 1 amide bonds. The van der Waals surface area contributed by atoms with Gasteiger partial charge in [0.15, 0.2) is 5.78 Å². The molecule has 1 aliphatic rings. The quantitative estimate of drug-likeness (QED) is 0.425. The van der Waals surface area contributed by atoms with E-state index in [9.17, 15) is 18.8 Å². The lowest BCUT2D eigenvalue weighted by molar-refractivity contribution is -0.134. The fraction of sp³-hybridized carbons (Fsp3) is 0.480. The summed E-state index contributed by atoms with van der Waals surface area (Å²) in [4.78, 5) is 40.9. The maximum atomic E-state index is 13.7. The third kappa shape index (κ3) is 4.61. The molecule has 1 saturated carbocycles. The Balaban J connectivity index is 1.97. The van der Waals surface area contributed by atoms with Crippen molar-refractivity contribution in [3.05, 3.63) is 58.2 Å². The Bertz CT molecular complexity index is 1020. The van der Waals surface area contributed by atoms with Crippen molar-refractivity contribution in [3.63, 3.8) is 0 Å². The summed E-state index contributed by atoms with van der Waals surface area (Å²) in [5, 5.41) is 0. The fourth-order valence-electron chi connectivity index (χ4n) is 4.22. The molecule has 0 bridgehead atoms. The van der Waals surface area contributed by atoms with E-state index in [4.69, 9.17) is 4.74 Å². The summed E-state index contributed by atoms with van der Waals surface area (Å²) in [6, 6.07) is 5.23. The van der Waals surface area contributed by atoms with Crippen molar-refractivity contribution in [2.24, 2.45) is 5.92 Å². The zero-order valence-electron chi connectivity index (χ0n) is 19.4. The Morgan fingerprint density at radius 1 is 1.16 bits per heavy atom. The zero-order valence-corrected chi connectivity index (χ0v) is 19.4. The number of rotatable bonds is 9. The summed E-state index contributed by atoms with van der Waals surface area (Å²) in [7, 11) is 0. The molecule has 0 spiro atoms. The first kappa shape index (κ1) is 23.7. The van der Waals surface area contributed by atoms with Crippen molar-refractivity contribution in [2.45, 2.75) is 66.6 Å². The van der Waals surface area contributed by atoms with E-state index in [2.05, 4.69) is 0 Å². The molecule has 1 heterocycles. The van der Waals surface area contributed by atoms with Crippen molar-refractivity contribution in [1.82, 2.24) is 9.47 Å². The summed E-state index contributed by atoms with van der Waals surface area (Å²) < 4.78 is 20.3. The summed E-state index contributed by atoms with van der Waals surface area (Å²) >= 11 is 0. The summed E-state index contributed by atoms with van der Waals surface area (Å²) in [6.45, 7) is 9.91. The van der Waals surface area contributed by atoms with Crippen molar-refractivity contribution < 1.29 is 23.5 Å². The van der Waals surface area contributed by atoms with Gasteiger partial charge in [0, 0.05) is 30.3 Å². The zero-order chi connectivity index (χ0) is 23.6. The number of benzene rings is 1. The number of esters is 1. The maximum Gasteiger partial charge on any atom is 0.355 e. The number of nitrogens with zero attached hydrogens (tertiary/aromatic N) is 2. The van der Waals surface area contributed by atoms with Crippen LogP contribution >= 0.6 is 0 Å².